The highest BCUT2D eigenvalue weighted by molar-refractivity contribution is 6.26. The van der Waals surface area contributed by atoms with Crippen molar-refractivity contribution in [2.75, 3.05) is 5.32 Å². The summed E-state index contributed by atoms with van der Waals surface area (Å²) in [6.07, 6.45) is 0. The Kier molecular flexibility index (Phi) is 3.62. The maximum absolute atomic E-state index is 12.5. The zero-order valence-electron chi connectivity index (χ0n) is 14.6. The zero-order valence-corrected chi connectivity index (χ0v) is 14.6. The molecular formula is C22H18N2O2. The molecule has 3 N–H and O–H groups in total. The predicted molar refractivity (Wildman–Crippen MR) is 108 cm³/mol. The van der Waals surface area contributed by atoms with Crippen molar-refractivity contribution >= 4 is 49.6 Å². The Morgan fingerprint density at radius 2 is 1.38 bits per heavy atom. The Labute approximate surface area is 150 Å². The Bertz CT molecular complexity index is 1150. The van der Waals surface area contributed by atoms with Gasteiger partial charge in [-0.15, -0.1) is 0 Å². The third-order valence-electron chi connectivity index (χ3n) is 4.68. The molecule has 4 nitrogen and oxygen atoms in total. The average molecular weight is 342 g/mol. The molecule has 4 aromatic carbocycles. The summed E-state index contributed by atoms with van der Waals surface area (Å²) in [5, 5.41) is 27.1. The van der Waals surface area contributed by atoms with E-state index in [0.717, 1.165) is 10.8 Å². The van der Waals surface area contributed by atoms with Crippen molar-refractivity contribution < 1.29 is 9.90 Å². The van der Waals surface area contributed by atoms with E-state index >= 15 is 0 Å². The number of aliphatic hydroxyl groups is 1. The Balaban J connectivity index is 1.86. The first-order valence-corrected chi connectivity index (χ1v) is 8.40. The lowest BCUT2D eigenvalue weighted by Gasteiger charge is -2.14. The lowest BCUT2D eigenvalue weighted by Crippen LogP contribution is -2.20. The number of benzene rings is 4. The Morgan fingerprint density at radius 1 is 0.885 bits per heavy atom. The Hall–Kier alpha value is -3.40. The molecule has 0 aliphatic rings. The number of aliphatic hydroxyl groups excluding tert-OH is 1. The molecule has 0 heterocycles. The highest BCUT2D eigenvalue weighted by Gasteiger charge is 2.16. The third-order valence-corrected chi connectivity index (χ3v) is 4.68. The van der Waals surface area contributed by atoms with Gasteiger partial charge < -0.3 is 15.8 Å². The fraction of sp³-hybridized carbons (Fsp3) is 0.0909. The molecule has 0 bridgehead atoms. The molecule has 4 aromatic rings. The van der Waals surface area contributed by atoms with E-state index in [1.54, 1.807) is 0 Å². The topological polar surface area (TPSA) is 73.2 Å². The fourth-order valence-electron chi connectivity index (χ4n) is 3.63. The molecule has 26 heavy (non-hydrogen) atoms. The molecule has 0 saturated carbocycles. The second kappa shape index (κ2) is 5.85. The molecule has 128 valence electrons. The first kappa shape index (κ1) is 16.1. The van der Waals surface area contributed by atoms with Crippen molar-refractivity contribution in [3.63, 3.8) is 0 Å². The van der Waals surface area contributed by atoms with Gasteiger partial charge in [-0.2, -0.15) is 0 Å². The van der Waals surface area contributed by atoms with Crippen molar-refractivity contribution in [2.24, 2.45) is 0 Å². The van der Waals surface area contributed by atoms with E-state index in [2.05, 4.69) is 47.8 Å². The largest absolute Gasteiger partial charge is 0.512 e. The van der Waals surface area contributed by atoms with Gasteiger partial charge in [0.15, 0.2) is 0 Å². The maximum atomic E-state index is 12.5. The third kappa shape index (κ3) is 2.47. The first-order valence-electron chi connectivity index (χ1n) is 8.40. The minimum Gasteiger partial charge on any atom is -0.512 e. The molecule has 0 aliphatic heterocycles. The number of nitrogens with one attached hydrogen (secondary N) is 2. The van der Waals surface area contributed by atoms with Crippen LogP contribution in [0, 0.1) is 5.41 Å². The van der Waals surface area contributed by atoms with Crippen molar-refractivity contribution in [1.29, 1.82) is 5.41 Å². The van der Waals surface area contributed by atoms with Gasteiger partial charge >= 0.3 is 0 Å². The summed E-state index contributed by atoms with van der Waals surface area (Å²) in [6.45, 7) is 2.89. The molecule has 4 rings (SSSR count). The van der Waals surface area contributed by atoms with E-state index in [1.807, 2.05) is 12.1 Å². The molecule has 0 aromatic heterocycles. The van der Waals surface area contributed by atoms with Crippen LogP contribution in [0.1, 0.15) is 13.8 Å². The van der Waals surface area contributed by atoms with Crippen LogP contribution in [0.15, 0.2) is 65.9 Å². The summed E-state index contributed by atoms with van der Waals surface area (Å²) in [6, 6.07) is 18.4. The predicted octanol–water partition coefficient (Wildman–Crippen LogP) is 5.39. The fourth-order valence-corrected chi connectivity index (χ4v) is 3.63. The van der Waals surface area contributed by atoms with Gasteiger partial charge in [0, 0.05) is 11.4 Å². The van der Waals surface area contributed by atoms with Crippen LogP contribution < -0.4 is 5.32 Å². The van der Waals surface area contributed by atoms with Crippen LogP contribution in [0.4, 0.5) is 5.69 Å². The van der Waals surface area contributed by atoms with Crippen LogP contribution in [0.5, 0.6) is 0 Å². The van der Waals surface area contributed by atoms with Gasteiger partial charge in [0.05, 0.1) is 5.57 Å². The standard InChI is InChI=1S/C22H18N2O2/c1-12(23)19(13(2)25)22(26)24-18-10-16-8-6-14-4-3-5-15-7-9-17(11-18)21(16)20(14)15/h3-11,23,25H,1-2H3,(H,24,26). The quantitative estimate of drug-likeness (QED) is 0.202. The number of hydrogen-bond donors (Lipinski definition) is 3. The minimum atomic E-state index is -0.481. The second-order valence-corrected chi connectivity index (χ2v) is 6.55. The van der Waals surface area contributed by atoms with Gasteiger partial charge in [0.25, 0.3) is 5.91 Å². The van der Waals surface area contributed by atoms with Crippen LogP contribution in [0.25, 0.3) is 32.3 Å². The first-order chi connectivity index (χ1) is 12.5. The van der Waals surface area contributed by atoms with Gasteiger partial charge in [0.2, 0.25) is 0 Å². The van der Waals surface area contributed by atoms with Gasteiger partial charge in [-0.3, -0.25) is 4.79 Å². The maximum Gasteiger partial charge on any atom is 0.260 e. The summed E-state index contributed by atoms with van der Waals surface area (Å²) >= 11 is 0. The van der Waals surface area contributed by atoms with Gasteiger partial charge in [-0.1, -0.05) is 42.5 Å². The molecule has 0 spiro atoms. The second-order valence-electron chi connectivity index (χ2n) is 6.55. The summed E-state index contributed by atoms with van der Waals surface area (Å²) in [4.78, 5) is 12.5. The number of hydrogen-bond acceptors (Lipinski definition) is 3. The number of allylic oxidation sites excluding steroid dienone is 1. The number of carbonyl (C=O) groups is 1. The van der Waals surface area contributed by atoms with Gasteiger partial charge in [-0.05, 0) is 58.3 Å². The van der Waals surface area contributed by atoms with Crippen molar-refractivity contribution in [1.82, 2.24) is 0 Å². The number of amides is 1. The van der Waals surface area contributed by atoms with E-state index in [-0.39, 0.29) is 17.0 Å². The molecule has 0 atom stereocenters. The van der Waals surface area contributed by atoms with Crippen LogP contribution in [-0.2, 0) is 4.79 Å². The summed E-state index contributed by atoms with van der Waals surface area (Å²) in [7, 11) is 0. The van der Waals surface area contributed by atoms with E-state index in [0.29, 0.717) is 5.69 Å². The van der Waals surface area contributed by atoms with Gasteiger partial charge in [-0.25, -0.2) is 0 Å². The van der Waals surface area contributed by atoms with Crippen molar-refractivity contribution in [3.8, 4) is 0 Å². The average Bonchev–Trinajstić information content (AvgIpc) is 2.58. The van der Waals surface area contributed by atoms with E-state index in [4.69, 9.17) is 5.41 Å². The van der Waals surface area contributed by atoms with Crippen molar-refractivity contribution in [3.05, 3.63) is 65.9 Å². The lowest BCUT2D eigenvalue weighted by molar-refractivity contribution is -0.112. The molecule has 4 heteroatoms. The van der Waals surface area contributed by atoms with Crippen LogP contribution in [-0.4, -0.2) is 16.7 Å². The monoisotopic (exact) mass is 342 g/mol. The smallest absolute Gasteiger partial charge is 0.260 e. The number of rotatable bonds is 3. The molecule has 1 amide bonds. The van der Waals surface area contributed by atoms with Crippen LogP contribution >= 0.6 is 0 Å². The van der Waals surface area contributed by atoms with Crippen LogP contribution in [0.2, 0.25) is 0 Å². The van der Waals surface area contributed by atoms with E-state index in [1.165, 1.54) is 35.4 Å². The SMILES string of the molecule is CC(=N)C(C(=O)Nc1cc2ccc3cccc4ccc(c1)c2c34)=C(C)O. The molecule has 0 fully saturated rings. The van der Waals surface area contributed by atoms with E-state index in [9.17, 15) is 9.90 Å². The highest BCUT2D eigenvalue weighted by atomic mass is 16.3. The van der Waals surface area contributed by atoms with Crippen molar-refractivity contribution in [2.45, 2.75) is 13.8 Å². The molecular weight excluding hydrogens is 324 g/mol. The molecule has 0 saturated heterocycles. The molecule has 0 unspecified atom stereocenters. The van der Waals surface area contributed by atoms with Gasteiger partial charge in [0.1, 0.15) is 5.76 Å². The summed E-state index contributed by atoms with van der Waals surface area (Å²) in [5.41, 5.74) is 0.663. The normalized spacial score (nSPS) is 12.5. The molecule has 0 radical (unpaired) electrons. The van der Waals surface area contributed by atoms with E-state index < -0.39 is 5.91 Å². The highest BCUT2D eigenvalue weighted by Crippen LogP contribution is 2.36. The zero-order chi connectivity index (χ0) is 18.4. The molecule has 0 aliphatic carbocycles. The number of anilines is 1. The Morgan fingerprint density at radius 3 is 1.88 bits per heavy atom. The number of carbonyl (C=O) groups excluding carboxylic acids is 1. The minimum absolute atomic E-state index is 0.00455. The summed E-state index contributed by atoms with van der Waals surface area (Å²) in [5.74, 6) is -0.641. The summed E-state index contributed by atoms with van der Waals surface area (Å²) < 4.78 is 0. The lowest BCUT2D eigenvalue weighted by atomic mass is 9.94. The van der Waals surface area contributed by atoms with Crippen LogP contribution in [0.3, 0.4) is 0 Å².